The Morgan fingerprint density at radius 2 is 2.12 bits per heavy atom. The predicted molar refractivity (Wildman–Crippen MR) is 96.8 cm³/mol. The summed E-state index contributed by atoms with van der Waals surface area (Å²) in [5, 5.41) is 11.0. The number of hydrogen-bond donors (Lipinski definition) is 2. The summed E-state index contributed by atoms with van der Waals surface area (Å²) in [6.07, 6.45) is 3.07. The van der Waals surface area contributed by atoms with E-state index in [1.165, 1.54) is 16.9 Å². The van der Waals surface area contributed by atoms with Crippen LogP contribution < -0.4 is 11.1 Å². The minimum atomic E-state index is -0.471. The molecule has 0 spiro atoms. The van der Waals surface area contributed by atoms with Gasteiger partial charge in [-0.3, -0.25) is 9.48 Å². The van der Waals surface area contributed by atoms with E-state index in [0.29, 0.717) is 23.5 Å². The molecule has 0 radical (unpaired) electrons. The van der Waals surface area contributed by atoms with Crippen LogP contribution in [0.2, 0.25) is 0 Å². The summed E-state index contributed by atoms with van der Waals surface area (Å²) in [6, 6.07) is 6.30. The molecule has 3 rings (SSSR count). The summed E-state index contributed by atoms with van der Waals surface area (Å²) in [5.41, 5.74) is 8.43. The van der Waals surface area contributed by atoms with Crippen LogP contribution >= 0.6 is 0 Å². The lowest BCUT2D eigenvalue weighted by Crippen LogP contribution is -2.22. The third kappa shape index (κ3) is 3.80. The summed E-state index contributed by atoms with van der Waals surface area (Å²) in [7, 11) is 0. The number of amides is 1. The largest absolute Gasteiger partial charge is 0.326 e. The molecule has 0 aliphatic rings. The lowest BCUT2D eigenvalue weighted by Gasteiger charge is -2.09. The number of rotatable bonds is 5. The highest BCUT2D eigenvalue weighted by molar-refractivity contribution is 6.03. The first-order valence-electron chi connectivity index (χ1n) is 8.26. The standard InChI is InChI=1S/C18H21FN6O/c1-11(20)9-24-10-14(8-21-24)18(26)22-15-4-5-17(16(19)7-15)25-13(3)6-12(2)23-25/h4-8,10-11H,9,20H2,1-3H3,(H,22,26). The number of nitrogens with one attached hydrogen (secondary N) is 1. The van der Waals surface area contributed by atoms with Gasteiger partial charge >= 0.3 is 0 Å². The van der Waals surface area contributed by atoms with Crippen molar-refractivity contribution in [2.45, 2.75) is 33.4 Å². The average Bonchev–Trinajstić information content (AvgIpc) is 3.13. The second-order valence-corrected chi connectivity index (χ2v) is 6.39. The molecule has 0 aliphatic heterocycles. The van der Waals surface area contributed by atoms with Gasteiger partial charge in [-0.05, 0) is 45.0 Å². The van der Waals surface area contributed by atoms with Crippen molar-refractivity contribution in [2.24, 2.45) is 5.73 Å². The van der Waals surface area contributed by atoms with Crippen LogP contribution in [0.15, 0.2) is 36.7 Å². The summed E-state index contributed by atoms with van der Waals surface area (Å²) in [6.45, 7) is 6.07. The number of carbonyl (C=O) groups excluding carboxylic acids is 1. The number of nitrogens with zero attached hydrogens (tertiary/aromatic N) is 4. The van der Waals surface area contributed by atoms with Gasteiger partial charge in [-0.2, -0.15) is 10.2 Å². The number of halogens is 1. The molecule has 0 saturated carbocycles. The molecule has 7 nitrogen and oxygen atoms in total. The summed E-state index contributed by atoms with van der Waals surface area (Å²) in [5.74, 6) is -0.833. The zero-order valence-corrected chi connectivity index (χ0v) is 14.9. The third-order valence-electron chi connectivity index (χ3n) is 3.81. The van der Waals surface area contributed by atoms with Crippen molar-refractivity contribution < 1.29 is 9.18 Å². The van der Waals surface area contributed by atoms with E-state index in [1.807, 2.05) is 26.8 Å². The Balaban J connectivity index is 1.76. The van der Waals surface area contributed by atoms with Gasteiger partial charge in [0.05, 0.1) is 24.0 Å². The Morgan fingerprint density at radius 1 is 1.35 bits per heavy atom. The molecule has 2 heterocycles. The van der Waals surface area contributed by atoms with Crippen molar-refractivity contribution in [2.75, 3.05) is 5.32 Å². The van der Waals surface area contributed by atoms with E-state index in [1.54, 1.807) is 23.0 Å². The lowest BCUT2D eigenvalue weighted by atomic mass is 10.2. The average molecular weight is 356 g/mol. The van der Waals surface area contributed by atoms with Gasteiger partial charge in [0, 0.05) is 23.6 Å². The second kappa shape index (κ2) is 7.09. The Kier molecular flexibility index (Phi) is 4.85. The van der Waals surface area contributed by atoms with E-state index in [9.17, 15) is 9.18 Å². The first-order chi connectivity index (χ1) is 12.3. The van der Waals surface area contributed by atoms with E-state index in [4.69, 9.17) is 5.73 Å². The number of nitrogens with two attached hydrogens (primary N) is 1. The molecule has 0 fully saturated rings. The zero-order chi connectivity index (χ0) is 18.8. The molecule has 1 amide bonds. The fourth-order valence-electron chi connectivity index (χ4n) is 2.71. The highest BCUT2D eigenvalue weighted by Gasteiger charge is 2.13. The van der Waals surface area contributed by atoms with Crippen LogP contribution in [-0.2, 0) is 6.54 Å². The van der Waals surface area contributed by atoms with Gasteiger partial charge in [0.1, 0.15) is 5.69 Å². The Bertz CT molecular complexity index is 943. The molecule has 0 bridgehead atoms. The third-order valence-corrected chi connectivity index (χ3v) is 3.81. The molecule has 2 aromatic heterocycles. The van der Waals surface area contributed by atoms with Gasteiger partial charge in [0.2, 0.25) is 0 Å². The molecule has 3 aromatic rings. The molecule has 136 valence electrons. The SMILES string of the molecule is Cc1cc(C)n(-c2ccc(NC(=O)c3cnn(CC(C)N)c3)cc2F)n1. The number of aryl methyl sites for hydroxylation is 2. The van der Waals surface area contributed by atoms with Crippen LogP contribution in [0.5, 0.6) is 0 Å². The van der Waals surface area contributed by atoms with Gasteiger partial charge in [-0.15, -0.1) is 0 Å². The Morgan fingerprint density at radius 3 is 2.73 bits per heavy atom. The van der Waals surface area contributed by atoms with Crippen molar-refractivity contribution in [3.8, 4) is 5.69 Å². The number of aromatic nitrogens is 4. The normalized spacial score (nSPS) is 12.2. The van der Waals surface area contributed by atoms with Crippen molar-refractivity contribution in [1.82, 2.24) is 19.6 Å². The number of hydrogen-bond acceptors (Lipinski definition) is 4. The molecule has 0 aliphatic carbocycles. The van der Waals surface area contributed by atoms with Crippen LogP contribution in [0.25, 0.3) is 5.69 Å². The summed E-state index contributed by atoms with van der Waals surface area (Å²) >= 11 is 0. The number of anilines is 1. The number of benzene rings is 1. The maximum absolute atomic E-state index is 14.5. The molecule has 1 atom stereocenters. The highest BCUT2D eigenvalue weighted by Crippen LogP contribution is 2.20. The minimum absolute atomic E-state index is 0.0677. The molecule has 26 heavy (non-hydrogen) atoms. The highest BCUT2D eigenvalue weighted by atomic mass is 19.1. The van der Waals surface area contributed by atoms with Gasteiger partial charge in [-0.1, -0.05) is 0 Å². The van der Waals surface area contributed by atoms with Gasteiger partial charge in [0.15, 0.2) is 5.82 Å². The van der Waals surface area contributed by atoms with Crippen LogP contribution in [0.3, 0.4) is 0 Å². The maximum Gasteiger partial charge on any atom is 0.258 e. The van der Waals surface area contributed by atoms with Gasteiger partial charge < -0.3 is 11.1 Å². The lowest BCUT2D eigenvalue weighted by molar-refractivity contribution is 0.102. The van der Waals surface area contributed by atoms with Crippen LogP contribution in [0.1, 0.15) is 28.7 Å². The first-order valence-corrected chi connectivity index (χ1v) is 8.26. The van der Waals surface area contributed by atoms with Crippen LogP contribution in [-0.4, -0.2) is 31.5 Å². The number of carbonyl (C=O) groups is 1. The quantitative estimate of drug-likeness (QED) is 0.734. The predicted octanol–water partition coefficient (Wildman–Crippen LogP) is 2.42. The van der Waals surface area contributed by atoms with Crippen LogP contribution in [0.4, 0.5) is 10.1 Å². The summed E-state index contributed by atoms with van der Waals surface area (Å²) < 4.78 is 17.6. The Hall–Kier alpha value is -3.00. The van der Waals surface area contributed by atoms with Crippen molar-refractivity contribution in [3.63, 3.8) is 0 Å². The van der Waals surface area contributed by atoms with E-state index in [-0.39, 0.29) is 11.9 Å². The molecule has 8 heteroatoms. The Labute approximate surface area is 150 Å². The monoisotopic (exact) mass is 356 g/mol. The molecule has 1 aromatic carbocycles. The molecule has 1 unspecified atom stereocenters. The maximum atomic E-state index is 14.5. The van der Waals surface area contributed by atoms with Gasteiger partial charge in [0.25, 0.3) is 5.91 Å². The van der Waals surface area contributed by atoms with Crippen molar-refractivity contribution in [1.29, 1.82) is 0 Å². The zero-order valence-electron chi connectivity index (χ0n) is 14.9. The minimum Gasteiger partial charge on any atom is -0.326 e. The fourth-order valence-corrected chi connectivity index (χ4v) is 2.71. The smallest absolute Gasteiger partial charge is 0.258 e. The van der Waals surface area contributed by atoms with Gasteiger partial charge in [-0.25, -0.2) is 9.07 Å². The van der Waals surface area contributed by atoms with Crippen LogP contribution in [0, 0.1) is 19.7 Å². The van der Waals surface area contributed by atoms with E-state index < -0.39 is 5.82 Å². The van der Waals surface area contributed by atoms with E-state index >= 15 is 0 Å². The topological polar surface area (TPSA) is 90.8 Å². The van der Waals surface area contributed by atoms with E-state index in [0.717, 1.165) is 11.4 Å². The summed E-state index contributed by atoms with van der Waals surface area (Å²) in [4.78, 5) is 12.3. The van der Waals surface area contributed by atoms with Crippen molar-refractivity contribution >= 4 is 11.6 Å². The van der Waals surface area contributed by atoms with E-state index in [2.05, 4.69) is 15.5 Å². The molecular weight excluding hydrogens is 335 g/mol. The second-order valence-electron chi connectivity index (χ2n) is 6.39. The fraction of sp³-hybridized carbons (Fsp3) is 0.278. The van der Waals surface area contributed by atoms with Crippen molar-refractivity contribution in [3.05, 3.63) is 59.4 Å². The molecule has 0 saturated heterocycles. The first kappa shape index (κ1) is 17.8. The molecular formula is C18H21FN6O. The molecule has 3 N–H and O–H groups in total.